The third-order valence-electron chi connectivity index (χ3n) is 4.91. The molecule has 0 radical (unpaired) electrons. The van der Waals surface area contributed by atoms with E-state index in [1.165, 1.54) is 0 Å². The van der Waals surface area contributed by atoms with Crippen LogP contribution >= 0.6 is 0 Å². The summed E-state index contributed by atoms with van der Waals surface area (Å²) < 4.78 is 18.8. The average Bonchev–Trinajstić information content (AvgIpc) is 3.17. The summed E-state index contributed by atoms with van der Waals surface area (Å²) in [6.07, 6.45) is 6.41. The van der Waals surface area contributed by atoms with E-state index in [0.29, 0.717) is 36.5 Å². The average molecular weight is 403 g/mol. The quantitative estimate of drug-likeness (QED) is 0.703. The molecule has 1 aliphatic heterocycles. The maximum Gasteiger partial charge on any atom is 0.320 e. The molecule has 1 fully saturated rings. The Kier molecular flexibility index (Phi) is 7.42. The fourth-order valence-corrected chi connectivity index (χ4v) is 3.48. The highest BCUT2D eigenvalue weighted by Crippen LogP contribution is 2.31. The highest BCUT2D eigenvalue weighted by atomic mass is 16.5. The van der Waals surface area contributed by atoms with Crippen LogP contribution in [0.3, 0.4) is 0 Å². The number of methoxy groups -OCH3 is 1. The van der Waals surface area contributed by atoms with Crippen molar-refractivity contribution in [1.82, 2.24) is 20.1 Å². The van der Waals surface area contributed by atoms with Crippen LogP contribution in [0.25, 0.3) is 0 Å². The van der Waals surface area contributed by atoms with Gasteiger partial charge in [0.15, 0.2) is 11.6 Å². The van der Waals surface area contributed by atoms with Crippen LogP contribution in [0.4, 0.5) is 10.6 Å². The summed E-state index contributed by atoms with van der Waals surface area (Å²) in [7, 11) is 3.25. The zero-order chi connectivity index (χ0) is 20.6. The van der Waals surface area contributed by atoms with E-state index in [2.05, 4.69) is 20.7 Å². The van der Waals surface area contributed by atoms with Crippen molar-refractivity contribution in [3.8, 4) is 11.6 Å². The van der Waals surface area contributed by atoms with Gasteiger partial charge in [-0.25, -0.2) is 14.5 Å². The molecular weight excluding hydrogens is 374 g/mol. The van der Waals surface area contributed by atoms with Crippen molar-refractivity contribution in [2.24, 2.45) is 5.92 Å². The predicted octanol–water partition coefficient (Wildman–Crippen LogP) is 2.83. The Labute approximate surface area is 170 Å². The lowest BCUT2D eigenvalue weighted by Crippen LogP contribution is -2.30. The number of aromatic nitrogens is 3. The fourth-order valence-electron chi connectivity index (χ4n) is 3.48. The summed E-state index contributed by atoms with van der Waals surface area (Å²) in [4.78, 5) is 16.2. The lowest BCUT2D eigenvalue weighted by atomic mass is 9.90. The van der Waals surface area contributed by atoms with E-state index in [4.69, 9.17) is 14.2 Å². The molecule has 1 saturated heterocycles. The number of ether oxygens (including phenoxy) is 3. The predicted molar refractivity (Wildman–Crippen MR) is 108 cm³/mol. The minimum absolute atomic E-state index is 0.135. The zero-order valence-corrected chi connectivity index (χ0v) is 17.2. The maximum atomic E-state index is 11.8. The smallest absolute Gasteiger partial charge is 0.320 e. The second kappa shape index (κ2) is 10.2. The molecule has 9 nitrogen and oxygen atoms in total. The topological polar surface area (TPSA) is 99.5 Å². The van der Waals surface area contributed by atoms with Crippen LogP contribution in [0.2, 0.25) is 0 Å². The van der Waals surface area contributed by atoms with Crippen molar-refractivity contribution in [2.75, 3.05) is 32.7 Å². The molecule has 0 aliphatic carbocycles. The minimum atomic E-state index is -0.356. The molecule has 1 aliphatic rings. The molecule has 2 N–H and O–H groups in total. The van der Waals surface area contributed by atoms with Crippen LogP contribution < -0.4 is 15.4 Å². The zero-order valence-electron chi connectivity index (χ0n) is 17.2. The largest absolute Gasteiger partial charge is 0.435 e. The monoisotopic (exact) mass is 403 g/mol. The van der Waals surface area contributed by atoms with Gasteiger partial charge in [-0.15, -0.1) is 0 Å². The molecule has 0 spiro atoms. The molecule has 2 aromatic rings. The second-order valence-corrected chi connectivity index (χ2v) is 7.02. The molecule has 158 valence electrons. The number of amides is 2. The third-order valence-corrected chi connectivity index (χ3v) is 4.91. The minimum Gasteiger partial charge on any atom is -0.435 e. The summed E-state index contributed by atoms with van der Waals surface area (Å²) >= 11 is 0. The van der Waals surface area contributed by atoms with E-state index in [1.807, 2.05) is 13.0 Å². The van der Waals surface area contributed by atoms with Crippen molar-refractivity contribution < 1.29 is 19.0 Å². The summed E-state index contributed by atoms with van der Waals surface area (Å²) in [6, 6.07) is 3.37. The number of rotatable bonds is 8. The summed E-state index contributed by atoms with van der Waals surface area (Å²) in [5.41, 5.74) is 1.05. The SMILES string of the molecule is CCn1nccc1Oc1cc(C[C@H]2CCO[C@H](COC)C2)cnc1NC(=O)NC. The van der Waals surface area contributed by atoms with Crippen LogP contribution in [0, 0.1) is 5.92 Å². The molecule has 29 heavy (non-hydrogen) atoms. The number of nitrogens with zero attached hydrogens (tertiary/aromatic N) is 3. The summed E-state index contributed by atoms with van der Waals surface area (Å²) in [5, 5.41) is 9.47. The first-order valence-electron chi connectivity index (χ1n) is 9.90. The lowest BCUT2D eigenvalue weighted by molar-refractivity contribution is -0.0473. The van der Waals surface area contributed by atoms with Crippen molar-refractivity contribution in [3.05, 3.63) is 30.1 Å². The standard InChI is InChI=1S/C20H29N5O4/c1-4-25-18(5-7-23-25)29-17-11-15(12-22-19(17)24-20(26)21-2)9-14-6-8-28-16(10-14)13-27-3/h5,7,11-12,14,16H,4,6,8-10,13H2,1-3H3,(H2,21,22,24,26)/t14-,16+/m1/s1. The first-order valence-corrected chi connectivity index (χ1v) is 9.90. The number of carbonyl (C=O) groups is 1. The Morgan fingerprint density at radius 3 is 3.07 bits per heavy atom. The molecule has 2 amide bonds. The number of nitrogens with one attached hydrogen (secondary N) is 2. The number of aryl methyl sites for hydroxylation is 1. The number of hydrogen-bond donors (Lipinski definition) is 2. The van der Waals surface area contributed by atoms with Crippen LogP contribution in [0.1, 0.15) is 25.3 Å². The molecule has 9 heteroatoms. The Balaban J connectivity index is 1.79. The van der Waals surface area contributed by atoms with E-state index < -0.39 is 0 Å². The molecule has 2 atom stereocenters. The van der Waals surface area contributed by atoms with E-state index in [0.717, 1.165) is 31.4 Å². The van der Waals surface area contributed by atoms with Gasteiger partial charge in [0.25, 0.3) is 0 Å². The van der Waals surface area contributed by atoms with Gasteiger partial charge >= 0.3 is 6.03 Å². The highest BCUT2D eigenvalue weighted by molar-refractivity contribution is 5.89. The molecule has 0 unspecified atom stereocenters. The van der Waals surface area contributed by atoms with Gasteiger partial charge in [-0.05, 0) is 43.7 Å². The van der Waals surface area contributed by atoms with Crippen molar-refractivity contribution in [3.63, 3.8) is 0 Å². The Morgan fingerprint density at radius 1 is 1.45 bits per heavy atom. The van der Waals surface area contributed by atoms with Gasteiger partial charge in [-0.2, -0.15) is 5.10 Å². The van der Waals surface area contributed by atoms with Gasteiger partial charge in [0.2, 0.25) is 5.88 Å². The van der Waals surface area contributed by atoms with E-state index in [9.17, 15) is 4.79 Å². The molecule has 3 heterocycles. The molecular formula is C20H29N5O4. The Hall–Kier alpha value is -2.65. The Morgan fingerprint density at radius 2 is 2.31 bits per heavy atom. The first-order chi connectivity index (χ1) is 14.1. The highest BCUT2D eigenvalue weighted by Gasteiger charge is 2.23. The van der Waals surface area contributed by atoms with Crippen LogP contribution in [0.5, 0.6) is 11.6 Å². The molecule has 0 aromatic carbocycles. The van der Waals surface area contributed by atoms with Gasteiger partial charge in [0.1, 0.15) is 0 Å². The van der Waals surface area contributed by atoms with Crippen molar-refractivity contribution >= 4 is 11.8 Å². The second-order valence-electron chi connectivity index (χ2n) is 7.02. The number of urea groups is 1. The van der Waals surface area contributed by atoms with Crippen LogP contribution in [-0.4, -0.2) is 54.3 Å². The van der Waals surface area contributed by atoms with E-state index in [-0.39, 0.29) is 12.1 Å². The van der Waals surface area contributed by atoms with Crippen LogP contribution in [0.15, 0.2) is 24.5 Å². The van der Waals surface area contributed by atoms with Gasteiger partial charge in [-0.1, -0.05) is 0 Å². The van der Waals surface area contributed by atoms with Crippen molar-refractivity contribution in [2.45, 2.75) is 38.8 Å². The number of carbonyl (C=O) groups excluding carboxylic acids is 1. The van der Waals surface area contributed by atoms with E-state index in [1.54, 1.807) is 37.3 Å². The number of hydrogen-bond acceptors (Lipinski definition) is 6. The summed E-state index contributed by atoms with van der Waals surface area (Å²) in [6.45, 7) is 4.01. The normalized spacial score (nSPS) is 19.0. The molecule has 0 bridgehead atoms. The number of pyridine rings is 1. The molecule has 0 saturated carbocycles. The first kappa shape index (κ1) is 21.1. The van der Waals surface area contributed by atoms with Gasteiger partial charge < -0.3 is 19.5 Å². The Bertz CT molecular complexity index is 808. The number of anilines is 1. The van der Waals surface area contributed by atoms with Crippen LogP contribution in [-0.2, 0) is 22.4 Å². The molecule has 3 rings (SSSR count). The fraction of sp³-hybridized carbons (Fsp3) is 0.550. The van der Waals surface area contributed by atoms with Crippen molar-refractivity contribution in [1.29, 1.82) is 0 Å². The lowest BCUT2D eigenvalue weighted by Gasteiger charge is -2.29. The maximum absolute atomic E-state index is 11.8. The third kappa shape index (κ3) is 5.68. The molecule has 2 aromatic heterocycles. The van der Waals surface area contributed by atoms with Gasteiger partial charge in [-0.3, -0.25) is 5.32 Å². The van der Waals surface area contributed by atoms with Gasteiger partial charge in [0, 0.05) is 39.6 Å². The van der Waals surface area contributed by atoms with Gasteiger partial charge in [0.05, 0.1) is 18.9 Å². The van der Waals surface area contributed by atoms with E-state index >= 15 is 0 Å². The summed E-state index contributed by atoms with van der Waals surface area (Å²) in [5.74, 6) is 1.93.